The van der Waals surface area contributed by atoms with Crippen LogP contribution in [-0.2, 0) is 0 Å². The van der Waals surface area contributed by atoms with E-state index in [2.05, 4.69) is 4.98 Å². The normalized spacial score (nSPS) is 14.5. The molecule has 1 heterocycles. The molecule has 5 heteroatoms. The average Bonchev–Trinajstić information content (AvgIpc) is 2.15. The Labute approximate surface area is 73.9 Å². The Morgan fingerprint density at radius 2 is 2.23 bits per heavy atom. The van der Waals surface area contributed by atoms with Gasteiger partial charge >= 0.3 is 0 Å². The van der Waals surface area contributed by atoms with Crippen LogP contribution in [-0.4, -0.2) is 21.3 Å². The SMILES string of the molecule is N#CC(O)C(O)c1cc[nH]c(=O)c1. The van der Waals surface area contributed by atoms with Crippen LogP contribution >= 0.6 is 0 Å². The van der Waals surface area contributed by atoms with Gasteiger partial charge < -0.3 is 15.2 Å². The number of pyridine rings is 1. The molecule has 0 fully saturated rings. The molecule has 0 aromatic carbocycles. The number of rotatable bonds is 2. The van der Waals surface area contributed by atoms with E-state index < -0.39 is 12.2 Å². The molecule has 3 N–H and O–H groups in total. The van der Waals surface area contributed by atoms with Crippen LogP contribution in [0, 0.1) is 11.3 Å². The third-order valence-electron chi connectivity index (χ3n) is 1.57. The molecular weight excluding hydrogens is 172 g/mol. The third-order valence-corrected chi connectivity index (χ3v) is 1.57. The summed E-state index contributed by atoms with van der Waals surface area (Å²) in [6.45, 7) is 0. The Morgan fingerprint density at radius 1 is 1.54 bits per heavy atom. The molecule has 13 heavy (non-hydrogen) atoms. The topological polar surface area (TPSA) is 97.1 Å². The minimum Gasteiger partial charge on any atom is -0.385 e. The molecule has 0 bridgehead atoms. The van der Waals surface area contributed by atoms with E-state index in [1.807, 2.05) is 0 Å². The zero-order chi connectivity index (χ0) is 9.84. The number of aliphatic hydroxyl groups excluding tert-OH is 2. The molecule has 68 valence electrons. The molecule has 0 aliphatic carbocycles. The van der Waals surface area contributed by atoms with Crippen molar-refractivity contribution in [3.63, 3.8) is 0 Å². The molecule has 0 saturated heterocycles. The van der Waals surface area contributed by atoms with Gasteiger partial charge in [-0.3, -0.25) is 4.79 Å². The lowest BCUT2D eigenvalue weighted by atomic mass is 10.1. The van der Waals surface area contributed by atoms with E-state index in [4.69, 9.17) is 10.4 Å². The quantitative estimate of drug-likeness (QED) is 0.524. The highest BCUT2D eigenvalue weighted by Gasteiger charge is 2.17. The van der Waals surface area contributed by atoms with Gasteiger partial charge in [-0.25, -0.2) is 0 Å². The predicted octanol–water partition coefficient (Wildman–Crippen LogP) is -0.707. The summed E-state index contributed by atoms with van der Waals surface area (Å²) >= 11 is 0. The minimum atomic E-state index is -1.51. The van der Waals surface area contributed by atoms with Gasteiger partial charge in [0.05, 0.1) is 6.07 Å². The number of H-pyrrole nitrogens is 1. The van der Waals surface area contributed by atoms with Crippen molar-refractivity contribution in [3.05, 3.63) is 34.2 Å². The van der Waals surface area contributed by atoms with E-state index in [1.54, 1.807) is 0 Å². The van der Waals surface area contributed by atoms with Crippen molar-refractivity contribution in [2.75, 3.05) is 0 Å². The molecule has 0 amide bonds. The van der Waals surface area contributed by atoms with Gasteiger partial charge in [-0.2, -0.15) is 5.26 Å². The van der Waals surface area contributed by atoms with Crippen LogP contribution in [0.4, 0.5) is 0 Å². The number of aromatic nitrogens is 1. The zero-order valence-electron chi connectivity index (χ0n) is 6.64. The Morgan fingerprint density at radius 3 is 2.77 bits per heavy atom. The van der Waals surface area contributed by atoms with E-state index in [1.165, 1.54) is 18.3 Å². The number of hydrogen-bond acceptors (Lipinski definition) is 4. The minimum absolute atomic E-state index is 0.220. The largest absolute Gasteiger partial charge is 0.385 e. The van der Waals surface area contributed by atoms with Gasteiger partial charge in [0.25, 0.3) is 0 Å². The van der Waals surface area contributed by atoms with E-state index in [0.717, 1.165) is 6.07 Å². The van der Waals surface area contributed by atoms with Gasteiger partial charge in [-0.05, 0) is 11.6 Å². The van der Waals surface area contributed by atoms with Crippen molar-refractivity contribution in [1.29, 1.82) is 5.26 Å². The summed E-state index contributed by atoms with van der Waals surface area (Å²) in [6.07, 6.45) is -1.51. The first-order valence-electron chi connectivity index (χ1n) is 3.59. The van der Waals surface area contributed by atoms with Crippen molar-refractivity contribution in [2.45, 2.75) is 12.2 Å². The van der Waals surface area contributed by atoms with Gasteiger partial charge in [0.15, 0.2) is 6.10 Å². The molecule has 0 aliphatic heterocycles. The van der Waals surface area contributed by atoms with Crippen LogP contribution in [0.5, 0.6) is 0 Å². The average molecular weight is 180 g/mol. The molecule has 0 saturated carbocycles. The van der Waals surface area contributed by atoms with Crippen LogP contribution < -0.4 is 5.56 Å². The standard InChI is InChI=1S/C8H8N2O3/c9-4-6(11)8(13)5-1-2-10-7(12)3-5/h1-3,6,8,11,13H,(H,10,12). The fourth-order valence-electron chi connectivity index (χ4n) is 0.898. The molecule has 5 nitrogen and oxygen atoms in total. The lowest BCUT2D eigenvalue weighted by Crippen LogP contribution is -2.17. The first-order chi connectivity index (χ1) is 6.15. The maximum Gasteiger partial charge on any atom is 0.248 e. The summed E-state index contributed by atoms with van der Waals surface area (Å²) < 4.78 is 0. The molecular formula is C8H8N2O3. The number of nitrogens with one attached hydrogen (secondary N) is 1. The van der Waals surface area contributed by atoms with E-state index in [-0.39, 0.29) is 11.1 Å². The number of aliphatic hydroxyl groups is 2. The smallest absolute Gasteiger partial charge is 0.248 e. The molecule has 1 aromatic heterocycles. The zero-order valence-corrected chi connectivity index (χ0v) is 6.64. The molecule has 0 radical (unpaired) electrons. The van der Waals surface area contributed by atoms with Crippen LogP contribution in [0.1, 0.15) is 11.7 Å². The fourth-order valence-corrected chi connectivity index (χ4v) is 0.898. The predicted molar refractivity (Wildman–Crippen MR) is 43.6 cm³/mol. The lowest BCUT2D eigenvalue weighted by molar-refractivity contribution is 0.0527. The molecule has 1 rings (SSSR count). The molecule has 1 aromatic rings. The van der Waals surface area contributed by atoms with Crippen LogP contribution in [0.15, 0.2) is 23.1 Å². The van der Waals surface area contributed by atoms with Gasteiger partial charge in [0, 0.05) is 12.3 Å². The Hall–Kier alpha value is -1.64. The maximum atomic E-state index is 10.8. The van der Waals surface area contributed by atoms with Gasteiger partial charge in [0.2, 0.25) is 5.56 Å². The van der Waals surface area contributed by atoms with Crippen LogP contribution in [0.2, 0.25) is 0 Å². The fraction of sp³-hybridized carbons (Fsp3) is 0.250. The number of nitrogens with zero attached hydrogens (tertiary/aromatic N) is 1. The van der Waals surface area contributed by atoms with Gasteiger partial charge in [-0.1, -0.05) is 0 Å². The number of hydrogen-bond donors (Lipinski definition) is 3. The van der Waals surface area contributed by atoms with Crippen molar-refractivity contribution >= 4 is 0 Å². The second-order valence-corrected chi connectivity index (χ2v) is 2.51. The molecule has 0 spiro atoms. The Balaban J connectivity index is 2.96. The highest BCUT2D eigenvalue weighted by atomic mass is 16.3. The summed E-state index contributed by atoms with van der Waals surface area (Å²) in [5, 5.41) is 26.5. The van der Waals surface area contributed by atoms with Crippen molar-refractivity contribution < 1.29 is 10.2 Å². The van der Waals surface area contributed by atoms with E-state index >= 15 is 0 Å². The van der Waals surface area contributed by atoms with Crippen molar-refractivity contribution in [2.24, 2.45) is 0 Å². The molecule has 2 unspecified atom stereocenters. The summed E-state index contributed by atoms with van der Waals surface area (Å²) in [5.41, 5.74) is -0.167. The summed E-state index contributed by atoms with van der Waals surface area (Å²) in [7, 11) is 0. The highest BCUT2D eigenvalue weighted by Crippen LogP contribution is 2.13. The van der Waals surface area contributed by atoms with Crippen LogP contribution in [0.25, 0.3) is 0 Å². The van der Waals surface area contributed by atoms with Gasteiger partial charge in [0.1, 0.15) is 6.10 Å². The maximum absolute atomic E-state index is 10.8. The first kappa shape index (κ1) is 9.45. The number of aromatic amines is 1. The Kier molecular flexibility index (Phi) is 2.80. The summed E-state index contributed by atoms with van der Waals surface area (Å²) in [5.74, 6) is 0. The van der Waals surface area contributed by atoms with Crippen LogP contribution in [0.3, 0.4) is 0 Å². The summed E-state index contributed by atoms with van der Waals surface area (Å²) in [6, 6.07) is 4.03. The van der Waals surface area contributed by atoms with E-state index in [9.17, 15) is 9.90 Å². The van der Waals surface area contributed by atoms with Crippen molar-refractivity contribution in [1.82, 2.24) is 4.98 Å². The monoisotopic (exact) mass is 180 g/mol. The molecule has 0 aliphatic rings. The summed E-state index contributed by atoms with van der Waals surface area (Å²) in [4.78, 5) is 13.1. The van der Waals surface area contributed by atoms with Gasteiger partial charge in [-0.15, -0.1) is 0 Å². The lowest BCUT2D eigenvalue weighted by Gasteiger charge is -2.10. The van der Waals surface area contributed by atoms with E-state index in [0.29, 0.717) is 0 Å². The number of nitriles is 1. The third kappa shape index (κ3) is 2.15. The highest BCUT2D eigenvalue weighted by molar-refractivity contribution is 5.16. The second kappa shape index (κ2) is 3.85. The molecule has 2 atom stereocenters. The Bertz CT molecular complexity index is 379. The second-order valence-electron chi connectivity index (χ2n) is 2.51. The van der Waals surface area contributed by atoms with Crippen molar-refractivity contribution in [3.8, 4) is 6.07 Å². The first-order valence-corrected chi connectivity index (χ1v) is 3.59.